The zero-order valence-electron chi connectivity index (χ0n) is 29.0. The lowest BCUT2D eigenvalue weighted by Crippen LogP contribution is -2.15. The quantitative estimate of drug-likeness (QED) is 0.0500. The Balaban J connectivity index is 1.48. The highest BCUT2D eigenvalue weighted by atomic mass is 31.2. The van der Waals surface area contributed by atoms with Gasteiger partial charge in [-0.05, 0) is 79.4 Å². The first-order valence-electron chi connectivity index (χ1n) is 15.8. The average Bonchev–Trinajstić information content (AvgIpc) is 3.10. The largest absolute Gasteiger partial charge is 0.493 e. The minimum absolute atomic E-state index is 0.0205. The fourth-order valence-corrected chi connectivity index (χ4v) is 7.05. The lowest BCUT2D eigenvalue weighted by molar-refractivity contribution is -0.133. The van der Waals surface area contributed by atoms with E-state index in [-0.39, 0.29) is 19.6 Å². The standard InChI is InChI=1S/C38H44NO9P/c1-8-46-49(41,47-9-2)38(30-17-10-26(3)11-18-30)39-31-19-14-28(15-20-31)25-36(40)48-33-22-27(16-21-32(33)42-4)12-13-29-23-34(43-5)37(45-7)35(24-29)44-6/h10-24,38-39H,8-9,25H2,1-7H3/b13-12-. The van der Waals surface area contributed by atoms with Gasteiger partial charge in [-0.15, -0.1) is 0 Å². The molecule has 11 heteroatoms. The molecule has 260 valence electrons. The highest BCUT2D eigenvalue weighted by Crippen LogP contribution is 2.60. The minimum Gasteiger partial charge on any atom is -0.493 e. The number of hydrogen-bond donors (Lipinski definition) is 1. The number of esters is 1. The summed E-state index contributed by atoms with van der Waals surface area (Å²) in [5, 5.41) is 3.34. The summed E-state index contributed by atoms with van der Waals surface area (Å²) in [5.41, 5.74) is 4.89. The fourth-order valence-electron chi connectivity index (χ4n) is 5.11. The first-order valence-corrected chi connectivity index (χ1v) is 17.5. The maximum atomic E-state index is 13.9. The highest BCUT2D eigenvalue weighted by molar-refractivity contribution is 7.54. The van der Waals surface area contributed by atoms with Gasteiger partial charge in [0, 0.05) is 5.69 Å². The molecule has 0 aliphatic heterocycles. The second-order valence-corrected chi connectivity index (χ2v) is 13.0. The average molecular weight is 690 g/mol. The molecule has 0 spiro atoms. The molecule has 0 saturated carbocycles. The molecule has 0 aliphatic rings. The number of rotatable bonds is 17. The SMILES string of the molecule is CCOP(=O)(OCC)C(Nc1ccc(CC(=O)Oc2cc(/C=C\c3cc(OC)c(OC)c(OC)c3)ccc2OC)cc1)c1ccc(C)cc1. The van der Waals surface area contributed by atoms with E-state index in [1.807, 2.05) is 85.8 Å². The van der Waals surface area contributed by atoms with E-state index in [0.717, 1.165) is 27.8 Å². The minimum atomic E-state index is -3.57. The summed E-state index contributed by atoms with van der Waals surface area (Å²) in [7, 11) is 2.63. The van der Waals surface area contributed by atoms with Gasteiger partial charge in [-0.3, -0.25) is 9.36 Å². The molecule has 0 bridgehead atoms. The van der Waals surface area contributed by atoms with Gasteiger partial charge < -0.3 is 38.0 Å². The number of nitrogens with one attached hydrogen (secondary N) is 1. The molecule has 4 aromatic carbocycles. The number of anilines is 1. The van der Waals surface area contributed by atoms with E-state index in [4.69, 9.17) is 32.7 Å². The molecule has 10 nitrogen and oxygen atoms in total. The number of hydrogen-bond acceptors (Lipinski definition) is 10. The summed E-state index contributed by atoms with van der Waals surface area (Å²) in [4.78, 5) is 13.1. The highest BCUT2D eigenvalue weighted by Gasteiger charge is 2.37. The van der Waals surface area contributed by atoms with Crippen molar-refractivity contribution >= 4 is 31.4 Å². The topological polar surface area (TPSA) is 111 Å². The molecule has 0 amide bonds. The summed E-state index contributed by atoms with van der Waals surface area (Å²) in [5.74, 6) is 1.11. The van der Waals surface area contributed by atoms with Crippen LogP contribution in [-0.4, -0.2) is 47.6 Å². The first kappa shape index (κ1) is 37.1. The van der Waals surface area contributed by atoms with Crippen molar-refractivity contribution in [2.24, 2.45) is 0 Å². The van der Waals surface area contributed by atoms with Gasteiger partial charge in [0.2, 0.25) is 5.75 Å². The van der Waals surface area contributed by atoms with E-state index in [1.165, 1.54) is 7.11 Å². The smallest absolute Gasteiger partial charge is 0.357 e. The second-order valence-electron chi connectivity index (χ2n) is 10.9. The van der Waals surface area contributed by atoms with Crippen LogP contribution in [0.4, 0.5) is 5.69 Å². The molecular weight excluding hydrogens is 645 g/mol. The van der Waals surface area contributed by atoms with E-state index in [2.05, 4.69) is 5.32 Å². The zero-order valence-corrected chi connectivity index (χ0v) is 29.9. The van der Waals surface area contributed by atoms with Crippen LogP contribution in [0.15, 0.2) is 78.9 Å². The number of methoxy groups -OCH3 is 4. The molecule has 0 radical (unpaired) electrons. The summed E-state index contributed by atoms with van der Waals surface area (Å²) >= 11 is 0. The molecule has 4 rings (SSSR count). The molecule has 0 saturated heterocycles. The molecule has 0 fully saturated rings. The van der Waals surface area contributed by atoms with Crippen molar-refractivity contribution in [1.82, 2.24) is 0 Å². The molecule has 0 aromatic heterocycles. The third-order valence-corrected chi connectivity index (χ3v) is 9.80. The van der Waals surface area contributed by atoms with Crippen LogP contribution in [0.3, 0.4) is 0 Å². The van der Waals surface area contributed by atoms with Gasteiger partial charge in [0.05, 0.1) is 48.1 Å². The Bertz CT molecular complexity index is 1740. The Hall–Kier alpha value is -4.76. The Morgan fingerprint density at radius 3 is 1.84 bits per heavy atom. The number of carbonyl (C=O) groups excluding carboxylic acids is 1. The Morgan fingerprint density at radius 2 is 1.29 bits per heavy atom. The Kier molecular flexibility index (Phi) is 13.3. The van der Waals surface area contributed by atoms with E-state index >= 15 is 0 Å². The molecule has 0 aliphatic carbocycles. The lowest BCUT2D eigenvalue weighted by atomic mass is 10.1. The normalized spacial score (nSPS) is 12.0. The molecule has 49 heavy (non-hydrogen) atoms. The van der Waals surface area contributed by atoms with Crippen molar-refractivity contribution in [3.63, 3.8) is 0 Å². The maximum Gasteiger partial charge on any atom is 0.357 e. The predicted molar refractivity (Wildman–Crippen MR) is 192 cm³/mol. The summed E-state index contributed by atoms with van der Waals surface area (Å²) in [6, 6.07) is 24.0. The van der Waals surface area contributed by atoms with Crippen molar-refractivity contribution in [3.05, 3.63) is 107 Å². The van der Waals surface area contributed by atoms with Crippen molar-refractivity contribution in [2.75, 3.05) is 47.0 Å². The number of carbonyl (C=O) groups is 1. The molecule has 1 atom stereocenters. The first-order chi connectivity index (χ1) is 23.7. The van der Waals surface area contributed by atoms with Crippen molar-refractivity contribution in [1.29, 1.82) is 0 Å². The zero-order chi connectivity index (χ0) is 35.4. The summed E-state index contributed by atoms with van der Waals surface area (Å²) < 4.78 is 52.8. The number of aryl methyl sites for hydroxylation is 1. The van der Waals surface area contributed by atoms with Crippen LogP contribution in [0.2, 0.25) is 0 Å². The van der Waals surface area contributed by atoms with Crippen LogP contribution in [0, 0.1) is 6.92 Å². The van der Waals surface area contributed by atoms with Gasteiger partial charge in [0.1, 0.15) is 0 Å². The Morgan fingerprint density at radius 1 is 0.714 bits per heavy atom. The van der Waals surface area contributed by atoms with Crippen molar-refractivity contribution in [3.8, 4) is 28.7 Å². The third-order valence-electron chi connectivity index (χ3n) is 7.50. The fraction of sp³-hybridized carbons (Fsp3) is 0.289. The number of ether oxygens (including phenoxy) is 5. The van der Waals surface area contributed by atoms with Gasteiger partial charge in [-0.25, -0.2) is 0 Å². The van der Waals surface area contributed by atoms with Crippen LogP contribution < -0.4 is 29.0 Å². The van der Waals surface area contributed by atoms with Gasteiger partial charge in [-0.2, -0.15) is 0 Å². The maximum absolute atomic E-state index is 13.9. The molecule has 4 aromatic rings. The molecular formula is C38H44NO9P. The van der Waals surface area contributed by atoms with Crippen molar-refractivity contribution in [2.45, 2.75) is 33.0 Å². The van der Waals surface area contributed by atoms with E-state index in [9.17, 15) is 9.36 Å². The molecule has 1 unspecified atom stereocenters. The summed E-state index contributed by atoms with van der Waals surface area (Å²) in [6.07, 6.45) is 3.79. The van der Waals surface area contributed by atoms with Crippen LogP contribution >= 0.6 is 7.60 Å². The van der Waals surface area contributed by atoms with Crippen LogP contribution in [0.1, 0.15) is 47.4 Å². The van der Waals surface area contributed by atoms with Crippen molar-refractivity contribution < 1.29 is 42.1 Å². The molecule has 0 heterocycles. The molecule has 1 N–H and O–H groups in total. The van der Waals surface area contributed by atoms with E-state index in [0.29, 0.717) is 34.4 Å². The predicted octanol–water partition coefficient (Wildman–Crippen LogP) is 8.72. The van der Waals surface area contributed by atoms with Crippen LogP contribution in [0.25, 0.3) is 12.2 Å². The summed E-state index contributed by atoms with van der Waals surface area (Å²) in [6.45, 7) is 6.03. The second kappa shape index (κ2) is 17.6. The van der Waals surface area contributed by atoms with Crippen LogP contribution in [-0.2, 0) is 24.8 Å². The van der Waals surface area contributed by atoms with Gasteiger partial charge >= 0.3 is 13.6 Å². The monoisotopic (exact) mass is 689 g/mol. The number of benzene rings is 4. The Labute approximate surface area is 288 Å². The van der Waals surface area contributed by atoms with E-state index < -0.39 is 19.3 Å². The van der Waals surface area contributed by atoms with Gasteiger partial charge in [0.25, 0.3) is 0 Å². The van der Waals surface area contributed by atoms with Gasteiger partial charge in [-0.1, -0.05) is 60.2 Å². The van der Waals surface area contributed by atoms with Gasteiger partial charge in [0.15, 0.2) is 28.8 Å². The lowest BCUT2D eigenvalue weighted by Gasteiger charge is -2.28. The third kappa shape index (κ3) is 9.66. The van der Waals surface area contributed by atoms with E-state index in [1.54, 1.807) is 47.3 Å². The van der Waals surface area contributed by atoms with Crippen LogP contribution in [0.5, 0.6) is 28.7 Å².